The number of rotatable bonds is 2. The Balaban J connectivity index is 2.47. The average molecular weight is 255 g/mol. The molecule has 1 aromatic rings. The van der Waals surface area contributed by atoms with Crippen LogP contribution < -0.4 is 0 Å². The maximum atomic E-state index is 11.2. The number of aliphatic carboxylic acids is 1. The first-order valence-electron chi connectivity index (χ1n) is 4.65. The van der Waals surface area contributed by atoms with Crippen LogP contribution in [0.1, 0.15) is 24.8 Å². The molecule has 0 saturated heterocycles. The second kappa shape index (κ2) is 3.39. The van der Waals surface area contributed by atoms with Gasteiger partial charge in [0.15, 0.2) is 0 Å². The Morgan fingerprint density at radius 2 is 2.00 bits per heavy atom. The fourth-order valence-corrected chi connectivity index (χ4v) is 2.64. The van der Waals surface area contributed by atoms with Gasteiger partial charge in [-0.15, -0.1) is 0 Å². The van der Waals surface area contributed by atoms with Crippen molar-refractivity contribution in [2.75, 3.05) is 0 Å². The molecule has 1 aliphatic carbocycles. The van der Waals surface area contributed by atoms with Crippen molar-refractivity contribution >= 4 is 21.9 Å². The van der Waals surface area contributed by atoms with E-state index in [0.717, 1.165) is 29.3 Å². The molecule has 1 aliphatic rings. The first kappa shape index (κ1) is 9.71. The van der Waals surface area contributed by atoms with E-state index in [0.29, 0.717) is 0 Å². The highest BCUT2D eigenvalue weighted by Gasteiger charge is 2.46. The lowest BCUT2D eigenvalue weighted by Gasteiger charge is -2.38. The number of carbonyl (C=O) groups is 1. The van der Waals surface area contributed by atoms with Gasteiger partial charge in [-0.3, -0.25) is 4.79 Å². The Morgan fingerprint density at radius 3 is 2.43 bits per heavy atom. The average Bonchev–Trinajstić information content (AvgIpc) is 2.05. The molecular weight excluding hydrogens is 244 g/mol. The van der Waals surface area contributed by atoms with Gasteiger partial charge in [-0.25, -0.2) is 0 Å². The number of carboxylic acids is 1. The van der Waals surface area contributed by atoms with Gasteiger partial charge in [0, 0.05) is 4.47 Å². The van der Waals surface area contributed by atoms with E-state index in [2.05, 4.69) is 15.9 Å². The third-order valence-corrected chi connectivity index (χ3v) is 3.70. The molecule has 0 atom stereocenters. The van der Waals surface area contributed by atoms with Gasteiger partial charge in [0.25, 0.3) is 0 Å². The molecule has 0 heterocycles. The van der Waals surface area contributed by atoms with Gasteiger partial charge in [0.2, 0.25) is 0 Å². The van der Waals surface area contributed by atoms with E-state index in [4.69, 9.17) is 0 Å². The van der Waals surface area contributed by atoms with Gasteiger partial charge < -0.3 is 5.11 Å². The Morgan fingerprint density at radius 1 is 1.36 bits per heavy atom. The first-order chi connectivity index (χ1) is 6.67. The number of benzene rings is 1. The second-order valence-electron chi connectivity index (χ2n) is 3.72. The first-order valence-corrected chi connectivity index (χ1v) is 5.44. The van der Waals surface area contributed by atoms with Crippen LogP contribution in [-0.4, -0.2) is 11.1 Å². The monoisotopic (exact) mass is 254 g/mol. The van der Waals surface area contributed by atoms with Crippen LogP contribution in [0.2, 0.25) is 0 Å². The molecular formula is C11H11BrO2. The fraction of sp³-hybridized carbons (Fsp3) is 0.364. The molecule has 0 amide bonds. The van der Waals surface area contributed by atoms with Gasteiger partial charge in [0.05, 0.1) is 5.41 Å². The van der Waals surface area contributed by atoms with Crippen molar-refractivity contribution in [3.8, 4) is 0 Å². The summed E-state index contributed by atoms with van der Waals surface area (Å²) < 4.78 is 0.905. The zero-order valence-electron chi connectivity index (χ0n) is 7.66. The van der Waals surface area contributed by atoms with Crippen molar-refractivity contribution in [1.29, 1.82) is 0 Å². The van der Waals surface area contributed by atoms with Crippen LogP contribution in [0.5, 0.6) is 0 Å². The summed E-state index contributed by atoms with van der Waals surface area (Å²) in [4.78, 5) is 11.2. The highest BCUT2D eigenvalue weighted by atomic mass is 79.9. The summed E-state index contributed by atoms with van der Waals surface area (Å²) in [5, 5.41) is 9.24. The lowest BCUT2D eigenvalue weighted by Crippen LogP contribution is -2.42. The van der Waals surface area contributed by atoms with Gasteiger partial charge in [-0.05, 0) is 24.5 Å². The van der Waals surface area contributed by atoms with Crippen molar-refractivity contribution in [2.45, 2.75) is 24.7 Å². The Bertz CT molecular complexity index is 369. The van der Waals surface area contributed by atoms with Crippen LogP contribution in [0, 0.1) is 0 Å². The lowest BCUT2D eigenvalue weighted by molar-refractivity contribution is -0.147. The molecule has 2 rings (SSSR count). The molecule has 0 aromatic heterocycles. The molecule has 3 heteroatoms. The summed E-state index contributed by atoms with van der Waals surface area (Å²) in [6.45, 7) is 0. The highest BCUT2D eigenvalue weighted by Crippen LogP contribution is 2.46. The third kappa shape index (κ3) is 1.27. The topological polar surface area (TPSA) is 37.3 Å². The summed E-state index contributed by atoms with van der Waals surface area (Å²) >= 11 is 3.41. The highest BCUT2D eigenvalue weighted by molar-refractivity contribution is 9.10. The molecule has 74 valence electrons. The fourth-order valence-electron chi connectivity index (χ4n) is 1.98. The van der Waals surface area contributed by atoms with Crippen molar-refractivity contribution in [3.05, 3.63) is 34.3 Å². The minimum absolute atomic E-state index is 0.625. The molecule has 0 radical (unpaired) electrons. The lowest BCUT2D eigenvalue weighted by atomic mass is 9.64. The van der Waals surface area contributed by atoms with Crippen LogP contribution in [-0.2, 0) is 10.2 Å². The molecule has 0 unspecified atom stereocenters. The van der Waals surface area contributed by atoms with Crippen molar-refractivity contribution in [1.82, 2.24) is 0 Å². The standard InChI is InChI=1S/C11H11BrO2/c12-9-5-2-1-4-8(9)11(10(13)14)6-3-7-11/h1-2,4-5H,3,6-7H2,(H,13,14). The quantitative estimate of drug-likeness (QED) is 0.882. The number of carboxylic acid groups (broad SMARTS) is 1. The van der Waals surface area contributed by atoms with E-state index in [1.165, 1.54) is 0 Å². The maximum Gasteiger partial charge on any atom is 0.314 e. The Kier molecular flexibility index (Phi) is 2.35. The van der Waals surface area contributed by atoms with E-state index >= 15 is 0 Å². The smallest absolute Gasteiger partial charge is 0.314 e. The van der Waals surface area contributed by atoms with E-state index in [9.17, 15) is 9.90 Å². The molecule has 1 aromatic carbocycles. The predicted octanol–water partition coefficient (Wildman–Crippen LogP) is 2.96. The van der Waals surface area contributed by atoms with E-state index in [-0.39, 0.29) is 0 Å². The van der Waals surface area contributed by atoms with E-state index < -0.39 is 11.4 Å². The van der Waals surface area contributed by atoms with Crippen molar-refractivity contribution < 1.29 is 9.90 Å². The SMILES string of the molecule is O=C(O)C1(c2ccccc2Br)CCC1. The number of halogens is 1. The Labute approximate surface area is 91.1 Å². The molecule has 1 N–H and O–H groups in total. The van der Waals surface area contributed by atoms with Crippen LogP contribution in [0.25, 0.3) is 0 Å². The van der Waals surface area contributed by atoms with Gasteiger partial charge in [0.1, 0.15) is 0 Å². The van der Waals surface area contributed by atoms with E-state index in [1.54, 1.807) is 0 Å². The summed E-state index contributed by atoms with van der Waals surface area (Å²) in [7, 11) is 0. The zero-order chi connectivity index (χ0) is 10.2. The largest absolute Gasteiger partial charge is 0.481 e. The van der Waals surface area contributed by atoms with Gasteiger partial charge >= 0.3 is 5.97 Å². The minimum Gasteiger partial charge on any atom is -0.481 e. The van der Waals surface area contributed by atoms with Crippen molar-refractivity contribution in [3.63, 3.8) is 0 Å². The normalized spacial score (nSPS) is 18.6. The molecule has 14 heavy (non-hydrogen) atoms. The predicted molar refractivity (Wildman–Crippen MR) is 57.3 cm³/mol. The summed E-state index contributed by atoms with van der Waals surface area (Å²) in [5.41, 5.74) is 0.291. The van der Waals surface area contributed by atoms with Gasteiger partial charge in [-0.1, -0.05) is 40.5 Å². The summed E-state index contributed by atoms with van der Waals surface area (Å²) in [5.74, 6) is -0.698. The number of hydrogen-bond donors (Lipinski definition) is 1. The minimum atomic E-state index is -0.698. The molecule has 1 saturated carbocycles. The third-order valence-electron chi connectivity index (χ3n) is 3.01. The van der Waals surface area contributed by atoms with Crippen LogP contribution in [0.15, 0.2) is 28.7 Å². The molecule has 1 fully saturated rings. The molecule has 0 spiro atoms. The van der Waals surface area contributed by atoms with Crippen LogP contribution in [0.4, 0.5) is 0 Å². The van der Waals surface area contributed by atoms with E-state index in [1.807, 2.05) is 24.3 Å². The molecule has 0 aliphatic heterocycles. The van der Waals surface area contributed by atoms with Crippen LogP contribution in [0.3, 0.4) is 0 Å². The summed E-state index contributed by atoms with van der Waals surface area (Å²) in [6.07, 6.45) is 2.52. The van der Waals surface area contributed by atoms with Gasteiger partial charge in [-0.2, -0.15) is 0 Å². The summed E-state index contributed by atoms with van der Waals surface area (Å²) in [6, 6.07) is 7.60. The zero-order valence-corrected chi connectivity index (χ0v) is 9.25. The van der Waals surface area contributed by atoms with Crippen LogP contribution >= 0.6 is 15.9 Å². The second-order valence-corrected chi connectivity index (χ2v) is 4.57. The maximum absolute atomic E-state index is 11.2. The number of hydrogen-bond acceptors (Lipinski definition) is 1. The molecule has 2 nitrogen and oxygen atoms in total. The molecule has 0 bridgehead atoms. The van der Waals surface area contributed by atoms with Crippen molar-refractivity contribution in [2.24, 2.45) is 0 Å². The Hall–Kier alpha value is -0.830.